The molecule has 1 aliphatic heterocycles. The average Bonchev–Trinajstić information content (AvgIpc) is 2.35. The molecule has 102 valence electrons. The van der Waals surface area contributed by atoms with Gasteiger partial charge < -0.3 is 10.1 Å². The summed E-state index contributed by atoms with van der Waals surface area (Å²) < 4.78 is 6.43. The highest BCUT2D eigenvalue weighted by Crippen LogP contribution is 2.24. The van der Waals surface area contributed by atoms with Crippen molar-refractivity contribution in [2.45, 2.75) is 19.5 Å². The number of nitrogens with one attached hydrogen (secondary N) is 1. The Bertz CT molecular complexity index is 389. The minimum atomic E-state index is 0. The Balaban J connectivity index is 0.00000162. The Morgan fingerprint density at radius 1 is 1.50 bits per heavy atom. The van der Waals surface area contributed by atoms with Crippen molar-refractivity contribution < 1.29 is 4.74 Å². The number of hydrogen-bond acceptors (Lipinski definition) is 3. The van der Waals surface area contributed by atoms with Gasteiger partial charge in [0.1, 0.15) is 5.75 Å². The molecule has 0 aliphatic carbocycles. The second-order valence-electron chi connectivity index (χ2n) is 4.48. The number of methoxy groups -OCH3 is 1. The third-order valence-electron chi connectivity index (χ3n) is 3.27. The number of halogens is 2. The van der Waals surface area contributed by atoms with E-state index >= 15 is 0 Å². The Morgan fingerprint density at radius 2 is 2.28 bits per heavy atom. The quantitative estimate of drug-likeness (QED) is 0.919. The van der Waals surface area contributed by atoms with Crippen molar-refractivity contribution >= 4 is 28.3 Å². The SMILES string of the molecule is COc1ccc(Br)c(CN2CCNCC2C)c1.Cl. The second kappa shape index (κ2) is 7.34. The lowest BCUT2D eigenvalue weighted by atomic mass is 10.1. The predicted octanol–water partition coefficient (Wildman–Crippen LogP) is 2.67. The molecule has 1 aromatic rings. The summed E-state index contributed by atoms with van der Waals surface area (Å²) in [5, 5.41) is 3.41. The highest BCUT2D eigenvalue weighted by Gasteiger charge is 2.18. The van der Waals surface area contributed by atoms with E-state index in [0.717, 1.165) is 36.4 Å². The van der Waals surface area contributed by atoms with Crippen molar-refractivity contribution in [3.05, 3.63) is 28.2 Å². The van der Waals surface area contributed by atoms with Gasteiger partial charge in [-0.3, -0.25) is 4.90 Å². The summed E-state index contributed by atoms with van der Waals surface area (Å²) in [6, 6.07) is 6.73. The maximum Gasteiger partial charge on any atom is 0.119 e. The van der Waals surface area contributed by atoms with E-state index in [1.165, 1.54) is 5.56 Å². The summed E-state index contributed by atoms with van der Waals surface area (Å²) in [5.41, 5.74) is 1.29. The number of ether oxygens (including phenoxy) is 1. The second-order valence-corrected chi connectivity index (χ2v) is 5.34. The fourth-order valence-corrected chi connectivity index (χ4v) is 2.51. The zero-order valence-corrected chi connectivity index (χ0v) is 13.2. The van der Waals surface area contributed by atoms with E-state index in [1.807, 2.05) is 6.07 Å². The van der Waals surface area contributed by atoms with Gasteiger partial charge in [0.15, 0.2) is 0 Å². The molecule has 1 aliphatic rings. The molecule has 0 radical (unpaired) electrons. The molecule has 18 heavy (non-hydrogen) atoms. The third kappa shape index (κ3) is 3.85. The van der Waals surface area contributed by atoms with Crippen LogP contribution in [0.1, 0.15) is 12.5 Å². The van der Waals surface area contributed by atoms with Gasteiger partial charge in [-0.25, -0.2) is 0 Å². The normalized spacial score (nSPS) is 20.3. The lowest BCUT2D eigenvalue weighted by Crippen LogP contribution is -2.49. The van der Waals surface area contributed by atoms with Gasteiger partial charge in [-0.15, -0.1) is 12.4 Å². The summed E-state index contributed by atoms with van der Waals surface area (Å²) >= 11 is 3.61. The molecule has 1 heterocycles. The molecule has 0 aromatic heterocycles. The fraction of sp³-hybridized carbons (Fsp3) is 0.538. The molecule has 1 atom stereocenters. The van der Waals surface area contributed by atoms with Crippen LogP contribution >= 0.6 is 28.3 Å². The Morgan fingerprint density at radius 3 is 2.94 bits per heavy atom. The van der Waals surface area contributed by atoms with Crippen molar-refractivity contribution in [1.29, 1.82) is 0 Å². The van der Waals surface area contributed by atoms with Crippen LogP contribution in [-0.4, -0.2) is 37.7 Å². The zero-order chi connectivity index (χ0) is 12.3. The molecule has 0 bridgehead atoms. The van der Waals surface area contributed by atoms with Gasteiger partial charge in [0, 0.05) is 36.7 Å². The van der Waals surface area contributed by atoms with Gasteiger partial charge in [0.2, 0.25) is 0 Å². The van der Waals surface area contributed by atoms with Crippen molar-refractivity contribution in [3.63, 3.8) is 0 Å². The van der Waals surface area contributed by atoms with Crippen LogP contribution in [0.15, 0.2) is 22.7 Å². The maximum absolute atomic E-state index is 5.27. The molecule has 1 fully saturated rings. The lowest BCUT2D eigenvalue weighted by Gasteiger charge is -2.34. The van der Waals surface area contributed by atoms with Crippen LogP contribution in [-0.2, 0) is 6.54 Å². The summed E-state index contributed by atoms with van der Waals surface area (Å²) in [6.45, 7) is 6.49. The van der Waals surface area contributed by atoms with Gasteiger partial charge in [-0.1, -0.05) is 15.9 Å². The molecule has 3 nitrogen and oxygen atoms in total. The predicted molar refractivity (Wildman–Crippen MR) is 80.7 cm³/mol. The smallest absolute Gasteiger partial charge is 0.119 e. The molecule has 1 aromatic carbocycles. The minimum Gasteiger partial charge on any atom is -0.497 e. The fourth-order valence-electron chi connectivity index (χ4n) is 2.14. The van der Waals surface area contributed by atoms with E-state index in [4.69, 9.17) is 4.74 Å². The molecule has 0 saturated carbocycles. The molecule has 5 heteroatoms. The van der Waals surface area contributed by atoms with Gasteiger partial charge >= 0.3 is 0 Å². The van der Waals surface area contributed by atoms with Crippen molar-refractivity contribution in [1.82, 2.24) is 10.2 Å². The van der Waals surface area contributed by atoms with Crippen LogP contribution < -0.4 is 10.1 Å². The van der Waals surface area contributed by atoms with Crippen LogP contribution in [0, 0.1) is 0 Å². The third-order valence-corrected chi connectivity index (χ3v) is 4.04. The molecule has 1 N–H and O–H groups in total. The maximum atomic E-state index is 5.27. The molecular weight excluding hydrogens is 316 g/mol. The van der Waals surface area contributed by atoms with Gasteiger partial charge in [-0.05, 0) is 30.7 Å². The zero-order valence-electron chi connectivity index (χ0n) is 10.8. The number of rotatable bonds is 3. The first kappa shape index (κ1) is 15.8. The Hall–Kier alpha value is -0.290. The largest absolute Gasteiger partial charge is 0.497 e. The Kier molecular flexibility index (Phi) is 6.43. The summed E-state index contributed by atoms with van der Waals surface area (Å²) in [5.74, 6) is 0.922. The molecule has 1 saturated heterocycles. The first-order valence-electron chi connectivity index (χ1n) is 5.98. The monoisotopic (exact) mass is 334 g/mol. The van der Waals surface area contributed by atoms with Crippen LogP contribution in [0.5, 0.6) is 5.75 Å². The first-order valence-corrected chi connectivity index (χ1v) is 6.77. The topological polar surface area (TPSA) is 24.5 Å². The van der Waals surface area contributed by atoms with E-state index in [2.05, 4.69) is 45.2 Å². The summed E-state index contributed by atoms with van der Waals surface area (Å²) in [7, 11) is 1.71. The summed E-state index contributed by atoms with van der Waals surface area (Å²) in [4.78, 5) is 2.50. The number of piperazine rings is 1. The molecule has 0 amide bonds. The van der Waals surface area contributed by atoms with E-state index < -0.39 is 0 Å². The molecular formula is C13H20BrClN2O. The number of nitrogens with zero attached hydrogens (tertiary/aromatic N) is 1. The van der Waals surface area contributed by atoms with Crippen LogP contribution in [0.25, 0.3) is 0 Å². The first-order chi connectivity index (χ1) is 8.20. The number of hydrogen-bond donors (Lipinski definition) is 1. The van der Waals surface area contributed by atoms with Crippen LogP contribution in [0.3, 0.4) is 0 Å². The average molecular weight is 336 g/mol. The highest BCUT2D eigenvalue weighted by atomic mass is 79.9. The lowest BCUT2D eigenvalue weighted by molar-refractivity contribution is 0.165. The molecule has 0 spiro atoms. The highest BCUT2D eigenvalue weighted by molar-refractivity contribution is 9.10. The van der Waals surface area contributed by atoms with E-state index in [0.29, 0.717) is 6.04 Å². The van der Waals surface area contributed by atoms with Gasteiger partial charge in [-0.2, -0.15) is 0 Å². The van der Waals surface area contributed by atoms with E-state index in [1.54, 1.807) is 7.11 Å². The molecule has 2 rings (SSSR count). The minimum absolute atomic E-state index is 0. The van der Waals surface area contributed by atoms with Crippen LogP contribution in [0.2, 0.25) is 0 Å². The van der Waals surface area contributed by atoms with Crippen molar-refractivity contribution in [2.24, 2.45) is 0 Å². The van der Waals surface area contributed by atoms with Gasteiger partial charge in [0.25, 0.3) is 0 Å². The standard InChI is InChI=1S/C13H19BrN2O.ClH/c1-10-8-15-5-6-16(10)9-11-7-12(17-2)3-4-13(11)14;/h3-4,7,10,15H,5-6,8-9H2,1-2H3;1H. The van der Waals surface area contributed by atoms with Gasteiger partial charge in [0.05, 0.1) is 7.11 Å². The van der Waals surface area contributed by atoms with Crippen molar-refractivity contribution in [2.75, 3.05) is 26.7 Å². The van der Waals surface area contributed by atoms with Crippen LogP contribution in [0.4, 0.5) is 0 Å². The van der Waals surface area contributed by atoms with E-state index in [9.17, 15) is 0 Å². The summed E-state index contributed by atoms with van der Waals surface area (Å²) in [6.07, 6.45) is 0. The Labute approximate surface area is 123 Å². The molecule has 1 unspecified atom stereocenters. The van der Waals surface area contributed by atoms with E-state index in [-0.39, 0.29) is 12.4 Å². The van der Waals surface area contributed by atoms with Crippen molar-refractivity contribution in [3.8, 4) is 5.75 Å². The number of benzene rings is 1.